The molecule has 1 aliphatic rings. The molecule has 6 heteroatoms. The lowest BCUT2D eigenvalue weighted by molar-refractivity contribution is -0.127. The van der Waals surface area contributed by atoms with E-state index in [0.29, 0.717) is 17.3 Å². The first kappa shape index (κ1) is 16.3. The molecule has 114 valence electrons. The predicted molar refractivity (Wildman–Crippen MR) is 87.5 cm³/mol. The van der Waals surface area contributed by atoms with Gasteiger partial charge in [-0.05, 0) is 23.6 Å². The van der Waals surface area contributed by atoms with Crippen LogP contribution < -0.4 is 10.2 Å². The van der Waals surface area contributed by atoms with Crippen LogP contribution >= 0.6 is 27.5 Å². The van der Waals surface area contributed by atoms with E-state index in [4.69, 9.17) is 11.6 Å². The van der Waals surface area contributed by atoms with Crippen molar-refractivity contribution in [3.63, 3.8) is 0 Å². The summed E-state index contributed by atoms with van der Waals surface area (Å²) in [7, 11) is 0. The molecule has 1 N–H and O–H groups in total. The van der Waals surface area contributed by atoms with E-state index in [2.05, 4.69) is 21.2 Å². The van der Waals surface area contributed by atoms with Crippen molar-refractivity contribution in [2.24, 2.45) is 5.41 Å². The molecule has 0 aliphatic carbocycles. The van der Waals surface area contributed by atoms with Gasteiger partial charge >= 0.3 is 0 Å². The van der Waals surface area contributed by atoms with Gasteiger partial charge < -0.3 is 10.2 Å². The lowest BCUT2D eigenvalue weighted by atomic mass is 9.86. The molecule has 0 bridgehead atoms. The Kier molecular flexibility index (Phi) is 4.63. The van der Waals surface area contributed by atoms with E-state index < -0.39 is 6.04 Å². The van der Waals surface area contributed by atoms with Gasteiger partial charge in [0.15, 0.2) is 0 Å². The summed E-state index contributed by atoms with van der Waals surface area (Å²) in [5.41, 5.74) is 0.259. The van der Waals surface area contributed by atoms with Crippen LogP contribution in [0.15, 0.2) is 22.7 Å². The minimum absolute atomic E-state index is 0.114. The van der Waals surface area contributed by atoms with Crippen LogP contribution in [0.25, 0.3) is 0 Å². The highest BCUT2D eigenvalue weighted by Crippen LogP contribution is 2.32. The third-order valence-electron chi connectivity index (χ3n) is 3.45. The molecule has 1 aromatic carbocycles. The number of carbonyl (C=O) groups excluding carboxylic acids is 2. The zero-order valence-corrected chi connectivity index (χ0v) is 14.6. The number of amides is 2. The molecule has 1 aliphatic heterocycles. The molecule has 1 saturated heterocycles. The standard InChI is InChI=1S/C15H18BrClN2O2/c1-15(2,3)13-14(21)19(7-6-12(20)18-13)11-8-9(16)4-5-10(11)17/h4-5,8,13H,6-7H2,1-3H3,(H,18,20). The first-order valence-electron chi connectivity index (χ1n) is 6.76. The SMILES string of the molecule is CC(C)(C)C1NC(=O)CCN(c2cc(Br)ccc2Cl)C1=O. The van der Waals surface area contributed by atoms with E-state index in [9.17, 15) is 9.59 Å². The van der Waals surface area contributed by atoms with Crippen LogP contribution in [0.4, 0.5) is 5.69 Å². The zero-order valence-electron chi connectivity index (χ0n) is 12.2. The maximum absolute atomic E-state index is 12.8. The summed E-state index contributed by atoms with van der Waals surface area (Å²) in [6.07, 6.45) is 0.265. The minimum Gasteiger partial charge on any atom is -0.344 e. The van der Waals surface area contributed by atoms with Crippen molar-refractivity contribution in [3.05, 3.63) is 27.7 Å². The fourth-order valence-corrected chi connectivity index (χ4v) is 2.86. The van der Waals surface area contributed by atoms with Crippen LogP contribution in [0.5, 0.6) is 0 Å². The second kappa shape index (κ2) is 5.97. The quantitative estimate of drug-likeness (QED) is 0.820. The fourth-order valence-electron chi connectivity index (χ4n) is 2.29. The molecule has 4 nitrogen and oxygen atoms in total. The molecule has 0 aromatic heterocycles. The lowest BCUT2D eigenvalue weighted by Crippen LogP contribution is -2.52. The van der Waals surface area contributed by atoms with E-state index in [0.717, 1.165) is 4.47 Å². The van der Waals surface area contributed by atoms with Crippen molar-refractivity contribution in [1.29, 1.82) is 0 Å². The van der Waals surface area contributed by atoms with Gasteiger partial charge in [-0.2, -0.15) is 0 Å². The predicted octanol–water partition coefficient (Wildman–Crippen LogP) is 3.37. The zero-order chi connectivity index (χ0) is 15.8. The lowest BCUT2D eigenvalue weighted by Gasteiger charge is -2.32. The van der Waals surface area contributed by atoms with Crippen LogP contribution in [0.1, 0.15) is 27.2 Å². The maximum atomic E-state index is 12.8. The Bertz CT molecular complexity index is 584. The fraction of sp³-hybridized carbons (Fsp3) is 0.467. The largest absolute Gasteiger partial charge is 0.344 e. The summed E-state index contributed by atoms with van der Waals surface area (Å²) in [5, 5.41) is 3.31. The third kappa shape index (κ3) is 3.58. The van der Waals surface area contributed by atoms with Crippen molar-refractivity contribution in [2.75, 3.05) is 11.4 Å². The van der Waals surface area contributed by atoms with Crippen molar-refractivity contribution in [3.8, 4) is 0 Å². The van der Waals surface area contributed by atoms with Crippen LogP contribution in [0.2, 0.25) is 5.02 Å². The minimum atomic E-state index is -0.567. The number of hydrogen-bond donors (Lipinski definition) is 1. The van der Waals surface area contributed by atoms with Gasteiger partial charge in [0.1, 0.15) is 6.04 Å². The van der Waals surface area contributed by atoms with E-state index in [1.807, 2.05) is 26.8 Å². The first-order valence-corrected chi connectivity index (χ1v) is 7.93. The van der Waals surface area contributed by atoms with Gasteiger partial charge in [0.2, 0.25) is 11.8 Å². The topological polar surface area (TPSA) is 49.4 Å². The van der Waals surface area contributed by atoms with E-state index in [1.54, 1.807) is 17.0 Å². The Hall–Kier alpha value is -1.07. The Balaban J connectivity index is 2.45. The van der Waals surface area contributed by atoms with Crippen molar-refractivity contribution >= 4 is 45.0 Å². The monoisotopic (exact) mass is 372 g/mol. The summed E-state index contributed by atoms with van der Waals surface area (Å²) in [4.78, 5) is 26.3. The van der Waals surface area contributed by atoms with E-state index in [-0.39, 0.29) is 23.7 Å². The van der Waals surface area contributed by atoms with Crippen LogP contribution in [-0.4, -0.2) is 24.4 Å². The Morgan fingerprint density at radius 3 is 2.62 bits per heavy atom. The molecule has 2 rings (SSSR count). The van der Waals surface area contributed by atoms with Crippen molar-refractivity contribution in [1.82, 2.24) is 5.32 Å². The average molecular weight is 374 g/mol. The van der Waals surface area contributed by atoms with Gasteiger partial charge in [0.25, 0.3) is 0 Å². The molecular weight excluding hydrogens is 356 g/mol. The molecule has 0 spiro atoms. The molecule has 2 amide bonds. The van der Waals surface area contributed by atoms with Gasteiger partial charge in [-0.25, -0.2) is 0 Å². The number of carbonyl (C=O) groups is 2. The molecule has 1 fully saturated rings. The van der Waals surface area contributed by atoms with Crippen molar-refractivity contribution < 1.29 is 9.59 Å². The second-order valence-corrected chi connectivity index (χ2v) is 7.53. The van der Waals surface area contributed by atoms with Gasteiger partial charge in [-0.1, -0.05) is 48.3 Å². The normalized spacial score (nSPS) is 20.2. The highest BCUT2D eigenvalue weighted by atomic mass is 79.9. The highest BCUT2D eigenvalue weighted by Gasteiger charge is 2.38. The van der Waals surface area contributed by atoms with Gasteiger partial charge in [0, 0.05) is 17.4 Å². The molecule has 1 heterocycles. The third-order valence-corrected chi connectivity index (χ3v) is 4.26. The Labute approximate surface area is 138 Å². The van der Waals surface area contributed by atoms with Gasteiger partial charge in [-0.3, -0.25) is 9.59 Å². The van der Waals surface area contributed by atoms with Crippen molar-refractivity contribution in [2.45, 2.75) is 33.2 Å². The molecule has 0 saturated carbocycles. The van der Waals surface area contributed by atoms with E-state index >= 15 is 0 Å². The molecule has 1 unspecified atom stereocenters. The summed E-state index contributed by atoms with van der Waals surface area (Å²) in [6, 6.07) is 4.79. The number of hydrogen-bond acceptors (Lipinski definition) is 2. The van der Waals surface area contributed by atoms with Crippen LogP contribution in [0, 0.1) is 5.41 Å². The first-order chi connectivity index (χ1) is 9.70. The van der Waals surface area contributed by atoms with Gasteiger partial charge in [0.05, 0.1) is 10.7 Å². The second-order valence-electron chi connectivity index (χ2n) is 6.20. The number of rotatable bonds is 1. The maximum Gasteiger partial charge on any atom is 0.250 e. The number of nitrogens with one attached hydrogen (secondary N) is 1. The number of benzene rings is 1. The summed E-state index contributed by atoms with van der Waals surface area (Å²) in [5.74, 6) is -0.245. The smallest absolute Gasteiger partial charge is 0.250 e. The molecule has 0 radical (unpaired) electrons. The summed E-state index contributed by atoms with van der Waals surface area (Å²) >= 11 is 9.62. The van der Waals surface area contributed by atoms with E-state index in [1.165, 1.54) is 0 Å². The summed E-state index contributed by atoms with van der Waals surface area (Å²) < 4.78 is 0.838. The Morgan fingerprint density at radius 2 is 2.00 bits per heavy atom. The average Bonchev–Trinajstić information content (AvgIpc) is 2.52. The molecule has 1 aromatic rings. The van der Waals surface area contributed by atoms with Crippen LogP contribution in [-0.2, 0) is 9.59 Å². The summed E-state index contributed by atoms with van der Waals surface area (Å²) in [6.45, 7) is 6.12. The molecule has 1 atom stereocenters. The number of halogens is 2. The highest BCUT2D eigenvalue weighted by molar-refractivity contribution is 9.10. The van der Waals surface area contributed by atoms with Gasteiger partial charge in [-0.15, -0.1) is 0 Å². The number of nitrogens with zero attached hydrogens (tertiary/aromatic N) is 1. The number of anilines is 1. The molecular formula is C15H18BrClN2O2. The Morgan fingerprint density at radius 1 is 1.33 bits per heavy atom. The molecule has 21 heavy (non-hydrogen) atoms. The van der Waals surface area contributed by atoms with Crippen LogP contribution in [0.3, 0.4) is 0 Å².